The van der Waals surface area contributed by atoms with Crippen LogP contribution in [-0.2, 0) is 16.3 Å². The van der Waals surface area contributed by atoms with Crippen LogP contribution in [0.25, 0.3) is 0 Å². The molecule has 112 valence electrons. The van der Waals surface area contributed by atoms with Crippen molar-refractivity contribution in [2.24, 2.45) is 0 Å². The molecule has 7 nitrogen and oxygen atoms in total. The van der Waals surface area contributed by atoms with Gasteiger partial charge in [0.25, 0.3) is 5.91 Å². The first-order valence-corrected chi connectivity index (χ1v) is 7.77. The molecule has 2 aromatic rings. The maximum absolute atomic E-state index is 12.1. The maximum Gasteiger partial charge on any atom is 0.296 e. The molecule has 1 amide bonds. The van der Waals surface area contributed by atoms with Crippen molar-refractivity contribution in [3.8, 4) is 0 Å². The first kappa shape index (κ1) is 15.2. The average molecular weight is 310 g/mol. The van der Waals surface area contributed by atoms with Crippen LogP contribution in [0.15, 0.2) is 39.8 Å². The second-order valence-corrected chi connectivity index (χ2v) is 6.61. The third-order valence-electron chi connectivity index (χ3n) is 2.89. The van der Waals surface area contributed by atoms with Gasteiger partial charge in [-0.15, -0.1) is 0 Å². The Labute approximate surface area is 121 Å². The molecule has 0 radical (unpaired) electrons. The molecule has 1 aromatic carbocycles. The standard InChI is InChI=1S/C13H14N2O5S/c1-9-2-4-11(5-3-9)21(18,19)7-6-10-8-12(15-20-10)13(16)14-17/h2-5,8,17H,6-7H2,1H3,(H,14,16). The summed E-state index contributed by atoms with van der Waals surface area (Å²) >= 11 is 0. The lowest BCUT2D eigenvalue weighted by Crippen LogP contribution is -2.18. The highest BCUT2D eigenvalue weighted by atomic mass is 32.2. The van der Waals surface area contributed by atoms with Crippen LogP contribution in [0.4, 0.5) is 0 Å². The molecule has 0 fully saturated rings. The first-order valence-electron chi connectivity index (χ1n) is 6.12. The summed E-state index contributed by atoms with van der Waals surface area (Å²) in [6.07, 6.45) is 0.0852. The fourth-order valence-corrected chi connectivity index (χ4v) is 2.95. The van der Waals surface area contributed by atoms with E-state index in [4.69, 9.17) is 9.73 Å². The zero-order chi connectivity index (χ0) is 15.5. The Morgan fingerprint density at radius 1 is 1.33 bits per heavy atom. The molecule has 1 heterocycles. The van der Waals surface area contributed by atoms with Crippen molar-refractivity contribution in [2.75, 3.05) is 5.75 Å². The number of amides is 1. The van der Waals surface area contributed by atoms with Gasteiger partial charge in [0, 0.05) is 12.5 Å². The van der Waals surface area contributed by atoms with Crippen molar-refractivity contribution in [1.29, 1.82) is 0 Å². The summed E-state index contributed by atoms with van der Waals surface area (Å²) in [7, 11) is -3.43. The fourth-order valence-electron chi connectivity index (χ4n) is 1.69. The zero-order valence-corrected chi connectivity index (χ0v) is 12.1. The van der Waals surface area contributed by atoms with Crippen molar-refractivity contribution in [2.45, 2.75) is 18.2 Å². The minimum Gasteiger partial charge on any atom is -0.361 e. The Morgan fingerprint density at radius 3 is 2.62 bits per heavy atom. The van der Waals surface area contributed by atoms with E-state index in [1.165, 1.54) is 11.5 Å². The van der Waals surface area contributed by atoms with Gasteiger partial charge >= 0.3 is 0 Å². The average Bonchev–Trinajstić information content (AvgIpc) is 2.94. The van der Waals surface area contributed by atoms with Gasteiger partial charge in [0.1, 0.15) is 5.76 Å². The van der Waals surface area contributed by atoms with E-state index in [-0.39, 0.29) is 28.5 Å². The highest BCUT2D eigenvalue weighted by molar-refractivity contribution is 7.91. The second kappa shape index (κ2) is 6.06. The molecule has 0 aliphatic carbocycles. The van der Waals surface area contributed by atoms with E-state index in [0.29, 0.717) is 0 Å². The molecule has 0 bridgehead atoms. The molecule has 21 heavy (non-hydrogen) atoms. The number of sulfone groups is 1. The molecule has 2 rings (SSSR count). The molecule has 0 aliphatic heterocycles. The van der Waals surface area contributed by atoms with Gasteiger partial charge in [-0.05, 0) is 19.1 Å². The number of aromatic nitrogens is 1. The topological polar surface area (TPSA) is 110 Å². The summed E-state index contributed by atoms with van der Waals surface area (Å²) < 4.78 is 29.1. The van der Waals surface area contributed by atoms with Gasteiger partial charge in [-0.3, -0.25) is 10.0 Å². The molecular weight excluding hydrogens is 296 g/mol. The van der Waals surface area contributed by atoms with Gasteiger partial charge in [0.05, 0.1) is 10.6 Å². The fraction of sp³-hybridized carbons (Fsp3) is 0.231. The van der Waals surface area contributed by atoms with Crippen LogP contribution >= 0.6 is 0 Å². The molecule has 0 atom stereocenters. The van der Waals surface area contributed by atoms with Crippen molar-refractivity contribution in [3.05, 3.63) is 47.3 Å². The summed E-state index contributed by atoms with van der Waals surface area (Å²) in [5, 5.41) is 11.9. The molecule has 0 saturated carbocycles. The van der Waals surface area contributed by atoms with E-state index in [1.54, 1.807) is 24.3 Å². The third kappa shape index (κ3) is 3.67. The highest BCUT2D eigenvalue weighted by Crippen LogP contribution is 2.14. The van der Waals surface area contributed by atoms with Crippen LogP contribution in [0.3, 0.4) is 0 Å². The van der Waals surface area contributed by atoms with Gasteiger partial charge in [0.2, 0.25) is 0 Å². The van der Waals surface area contributed by atoms with E-state index >= 15 is 0 Å². The first-order chi connectivity index (χ1) is 9.92. The molecule has 1 aromatic heterocycles. The summed E-state index contributed by atoms with van der Waals surface area (Å²) in [6, 6.07) is 7.84. The van der Waals surface area contributed by atoms with Gasteiger partial charge < -0.3 is 4.52 Å². The molecular formula is C13H14N2O5S. The van der Waals surface area contributed by atoms with E-state index in [1.807, 2.05) is 6.92 Å². The van der Waals surface area contributed by atoms with Crippen molar-refractivity contribution >= 4 is 15.7 Å². The smallest absolute Gasteiger partial charge is 0.296 e. The van der Waals surface area contributed by atoms with Gasteiger partial charge in [-0.25, -0.2) is 13.9 Å². The Kier molecular flexibility index (Phi) is 4.39. The van der Waals surface area contributed by atoms with E-state index in [9.17, 15) is 13.2 Å². The molecule has 0 spiro atoms. The summed E-state index contributed by atoms with van der Waals surface area (Å²) in [6.45, 7) is 1.87. The number of carbonyl (C=O) groups excluding carboxylic acids is 1. The Morgan fingerprint density at radius 2 is 2.00 bits per heavy atom. The number of nitrogens with zero attached hydrogens (tertiary/aromatic N) is 1. The van der Waals surface area contributed by atoms with Crippen LogP contribution < -0.4 is 5.48 Å². The van der Waals surface area contributed by atoms with E-state index < -0.39 is 15.7 Å². The number of carbonyl (C=O) groups is 1. The molecule has 0 aliphatic rings. The summed E-state index contributed by atoms with van der Waals surface area (Å²) in [5.41, 5.74) is 2.28. The number of nitrogens with one attached hydrogen (secondary N) is 1. The summed E-state index contributed by atoms with van der Waals surface area (Å²) in [4.78, 5) is 11.3. The minimum absolute atomic E-state index is 0.0852. The number of hydrogen-bond acceptors (Lipinski definition) is 6. The van der Waals surface area contributed by atoms with Gasteiger partial charge in [0.15, 0.2) is 15.5 Å². The SMILES string of the molecule is Cc1ccc(S(=O)(=O)CCc2cc(C(=O)NO)no2)cc1. The van der Waals surface area contributed by atoms with Crippen molar-refractivity contribution in [1.82, 2.24) is 10.6 Å². The quantitative estimate of drug-likeness (QED) is 0.632. The molecule has 0 saturated heterocycles. The Hall–Kier alpha value is -2.19. The van der Waals surface area contributed by atoms with Crippen LogP contribution in [-0.4, -0.2) is 30.4 Å². The van der Waals surface area contributed by atoms with Crippen molar-refractivity contribution < 1.29 is 22.9 Å². The number of hydroxylamine groups is 1. The normalized spacial score (nSPS) is 11.3. The largest absolute Gasteiger partial charge is 0.361 e. The highest BCUT2D eigenvalue weighted by Gasteiger charge is 2.17. The van der Waals surface area contributed by atoms with Crippen LogP contribution in [0, 0.1) is 6.92 Å². The zero-order valence-electron chi connectivity index (χ0n) is 11.2. The number of hydrogen-bond donors (Lipinski definition) is 2. The lowest BCUT2D eigenvalue weighted by molar-refractivity contribution is 0.0696. The Bertz CT molecular complexity index is 734. The van der Waals surface area contributed by atoms with Gasteiger partial charge in [-0.2, -0.15) is 0 Å². The minimum atomic E-state index is -3.43. The monoisotopic (exact) mass is 310 g/mol. The molecule has 2 N–H and O–H groups in total. The second-order valence-electron chi connectivity index (χ2n) is 4.50. The third-order valence-corrected chi connectivity index (χ3v) is 4.62. The lowest BCUT2D eigenvalue weighted by Gasteiger charge is -2.03. The van der Waals surface area contributed by atoms with E-state index in [0.717, 1.165) is 5.56 Å². The van der Waals surface area contributed by atoms with Crippen LogP contribution in [0.2, 0.25) is 0 Å². The van der Waals surface area contributed by atoms with Crippen LogP contribution in [0.5, 0.6) is 0 Å². The van der Waals surface area contributed by atoms with Gasteiger partial charge in [-0.1, -0.05) is 22.9 Å². The predicted octanol–water partition coefficient (Wildman–Crippen LogP) is 1.12. The number of rotatable bonds is 5. The Balaban J connectivity index is 2.06. The van der Waals surface area contributed by atoms with Crippen LogP contribution in [0.1, 0.15) is 21.8 Å². The number of aryl methyl sites for hydroxylation is 2. The number of benzene rings is 1. The van der Waals surface area contributed by atoms with E-state index in [2.05, 4.69) is 5.16 Å². The lowest BCUT2D eigenvalue weighted by atomic mass is 10.2. The summed E-state index contributed by atoms with van der Waals surface area (Å²) in [5.74, 6) is -0.721. The molecule has 0 unspecified atom stereocenters. The maximum atomic E-state index is 12.1. The molecule has 8 heteroatoms. The van der Waals surface area contributed by atoms with Crippen molar-refractivity contribution in [3.63, 3.8) is 0 Å². The predicted molar refractivity (Wildman–Crippen MR) is 72.7 cm³/mol.